The third-order valence-electron chi connectivity index (χ3n) is 2.27. The highest BCUT2D eigenvalue weighted by atomic mass is 79.9. The fourth-order valence-electron chi connectivity index (χ4n) is 1.38. The van der Waals surface area contributed by atoms with Gasteiger partial charge in [-0.2, -0.15) is 0 Å². The summed E-state index contributed by atoms with van der Waals surface area (Å²) in [5.74, 6) is 0.123. The van der Waals surface area contributed by atoms with Crippen molar-refractivity contribution >= 4 is 39.2 Å². The van der Waals surface area contributed by atoms with Gasteiger partial charge in [0, 0.05) is 5.41 Å². The topological polar surface area (TPSA) is 80.7 Å². The first-order chi connectivity index (χ1) is 8.88. The minimum absolute atomic E-state index is 0.231. The number of amides is 1. The molecule has 6 nitrogen and oxygen atoms in total. The van der Waals surface area contributed by atoms with Crippen molar-refractivity contribution in [2.45, 2.75) is 26.2 Å². The van der Waals surface area contributed by atoms with Gasteiger partial charge in [-0.05, 0) is 27.5 Å². The summed E-state index contributed by atoms with van der Waals surface area (Å²) in [6.45, 7) is 5.96. The third kappa shape index (κ3) is 3.32. The highest BCUT2D eigenvalue weighted by Gasteiger charge is 2.26. The van der Waals surface area contributed by atoms with Gasteiger partial charge >= 0.3 is 0 Å². The predicted octanol–water partition coefficient (Wildman–Crippen LogP) is 2.64. The standard InChI is InChI=1S/C11H12BrN5OS/c1-11(2,3)9-8(19-17-16-9)10(18)15-7-5-13-6(12)4-14-7/h4-5H,1-3H3,(H,14,15,18). The summed E-state index contributed by atoms with van der Waals surface area (Å²) < 4.78 is 4.46. The minimum atomic E-state index is -0.267. The van der Waals surface area contributed by atoms with E-state index in [1.54, 1.807) is 0 Å². The first-order valence-electron chi connectivity index (χ1n) is 5.49. The van der Waals surface area contributed by atoms with E-state index >= 15 is 0 Å². The van der Waals surface area contributed by atoms with Crippen molar-refractivity contribution in [1.29, 1.82) is 0 Å². The van der Waals surface area contributed by atoms with E-state index in [1.807, 2.05) is 20.8 Å². The van der Waals surface area contributed by atoms with Crippen LogP contribution >= 0.6 is 27.5 Å². The molecular formula is C11H12BrN5OS. The number of anilines is 1. The molecule has 0 bridgehead atoms. The lowest BCUT2D eigenvalue weighted by molar-refractivity contribution is 0.102. The van der Waals surface area contributed by atoms with E-state index in [4.69, 9.17) is 0 Å². The molecule has 8 heteroatoms. The Kier molecular flexibility index (Phi) is 3.91. The molecule has 0 atom stereocenters. The molecule has 2 rings (SSSR count). The van der Waals surface area contributed by atoms with Crippen LogP contribution in [0.4, 0.5) is 5.82 Å². The Balaban J connectivity index is 2.21. The zero-order valence-electron chi connectivity index (χ0n) is 10.6. The second-order valence-electron chi connectivity index (χ2n) is 4.88. The smallest absolute Gasteiger partial charge is 0.270 e. The monoisotopic (exact) mass is 341 g/mol. The van der Waals surface area contributed by atoms with Crippen molar-refractivity contribution < 1.29 is 4.79 Å². The fourth-order valence-corrected chi connectivity index (χ4v) is 2.36. The first-order valence-corrected chi connectivity index (χ1v) is 7.06. The highest BCUT2D eigenvalue weighted by Crippen LogP contribution is 2.26. The van der Waals surface area contributed by atoms with E-state index in [-0.39, 0.29) is 11.3 Å². The van der Waals surface area contributed by atoms with Crippen LogP contribution in [0.1, 0.15) is 36.1 Å². The summed E-state index contributed by atoms with van der Waals surface area (Å²) in [7, 11) is 0. The molecule has 0 saturated carbocycles. The quantitative estimate of drug-likeness (QED) is 0.907. The molecule has 0 aliphatic heterocycles. The van der Waals surface area contributed by atoms with Gasteiger partial charge in [0.2, 0.25) is 0 Å². The van der Waals surface area contributed by atoms with Crippen molar-refractivity contribution in [1.82, 2.24) is 19.6 Å². The van der Waals surface area contributed by atoms with Crippen LogP contribution in [0.2, 0.25) is 0 Å². The van der Waals surface area contributed by atoms with Crippen LogP contribution in [0.3, 0.4) is 0 Å². The molecule has 0 saturated heterocycles. The van der Waals surface area contributed by atoms with Gasteiger partial charge in [0.15, 0.2) is 5.82 Å². The molecule has 2 heterocycles. The average Bonchev–Trinajstić information content (AvgIpc) is 2.81. The Labute approximate surface area is 123 Å². The van der Waals surface area contributed by atoms with Crippen molar-refractivity contribution in [3.05, 3.63) is 27.6 Å². The number of nitrogens with zero attached hydrogens (tertiary/aromatic N) is 4. The molecule has 2 aromatic rings. The SMILES string of the molecule is CC(C)(C)c1nnsc1C(=O)Nc1cnc(Br)cn1. The molecule has 0 aromatic carbocycles. The zero-order chi connectivity index (χ0) is 14.0. The normalized spacial score (nSPS) is 11.4. The lowest BCUT2D eigenvalue weighted by Crippen LogP contribution is -2.20. The summed E-state index contributed by atoms with van der Waals surface area (Å²) in [5.41, 5.74) is 0.450. The lowest BCUT2D eigenvalue weighted by atomic mass is 9.91. The van der Waals surface area contributed by atoms with Gasteiger partial charge in [0.1, 0.15) is 9.48 Å². The Morgan fingerprint density at radius 1 is 1.32 bits per heavy atom. The largest absolute Gasteiger partial charge is 0.304 e. The number of nitrogens with one attached hydrogen (secondary N) is 1. The van der Waals surface area contributed by atoms with Crippen molar-refractivity contribution in [3.8, 4) is 0 Å². The Bertz CT molecular complexity index is 590. The van der Waals surface area contributed by atoms with Gasteiger partial charge < -0.3 is 5.32 Å². The molecule has 1 amide bonds. The first kappa shape index (κ1) is 14.0. The number of carbonyl (C=O) groups excluding carboxylic acids is 1. The van der Waals surface area contributed by atoms with Crippen molar-refractivity contribution in [2.24, 2.45) is 0 Å². The number of carbonyl (C=O) groups is 1. The molecule has 2 aromatic heterocycles. The van der Waals surface area contributed by atoms with Crippen LogP contribution in [0.25, 0.3) is 0 Å². The zero-order valence-corrected chi connectivity index (χ0v) is 13.0. The summed E-state index contributed by atoms with van der Waals surface area (Å²) >= 11 is 4.26. The van der Waals surface area contributed by atoms with Gasteiger partial charge in [0.25, 0.3) is 5.91 Å². The maximum atomic E-state index is 12.2. The van der Waals surface area contributed by atoms with Gasteiger partial charge in [-0.3, -0.25) is 4.79 Å². The second-order valence-corrected chi connectivity index (χ2v) is 6.45. The van der Waals surface area contributed by atoms with E-state index in [9.17, 15) is 4.79 Å². The number of hydrogen-bond donors (Lipinski definition) is 1. The second kappa shape index (κ2) is 5.30. The van der Waals surface area contributed by atoms with Crippen LogP contribution < -0.4 is 5.32 Å². The molecule has 1 N–H and O–H groups in total. The number of aromatic nitrogens is 4. The molecule has 0 fully saturated rings. The number of halogens is 1. The summed E-state index contributed by atoms with van der Waals surface area (Å²) in [4.78, 5) is 20.7. The molecule has 0 spiro atoms. The van der Waals surface area contributed by atoms with E-state index in [0.29, 0.717) is 21.0 Å². The number of hydrogen-bond acceptors (Lipinski definition) is 6. The molecule has 19 heavy (non-hydrogen) atoms. The van der Waals surface area contributed by atoms with E-state index < -0.39 is 0 Å². The molecule has 0 aliphatic carbocycles. The Morgan fingerprint density at radius 3 is 2.63 bits per heavy atom. The maximum absolute atomic E-state index is 12.2. The minimum Gasteiger partial charge on any atom is -0.304 e. The Morgan fingerprint density at radius 2 is 2.05 bits per heavy atom. The third-order valence-corrected chi connectivity index (χ3v) is 3.40. The Hall–Kier alpha value is -1.41. The van der Waals surface area contributed by atoms with E-state index in [2.05, 4.69) is 40.8 Å². The maximum Gasteiger partial charge on any atom is 0.270 e. The van der Waals surface area contributed by atoms with Gasteiger partial charge in [-0.25, -0.2) is 9.97 Å². The molecule has 0 unspecified atom stereocenters. The molecular weight excluding hydrogens is 330 g/mol. The average molecular weight is 342 g/mol. The van der Waals surface area contributed by atoms with Crippen LogP contribution in [0, 0.1) is 0 Å². The van der Waals surface area contributed by atoms with Gasteiger partial charge in [-0.1, -0.05) is 25.3 Å². The van der Waals surface area contributed by atoms with Crippen LogP contribution in [-0.2, 0) is 5.41 Å². The summed E-state index contributed by atoms with van der Waals surface area (Å²) in [6.07, 6.45) is 3.00. The van der Waals surface area contributed by atoms with Crippen LogP contribution in [0.15, 0.2) is 17.0 Å². The van der Waals surface area contributed by atoms with Crippen molar-refractivity contribution in [2.75, 3.05) is 5.32 Å². The number of rotatable bonds is 2. The molecule has 0 aliphatic rings. The lowest BCUT2D eigenvalue weighted by Gasteiger charge is -2.15. The van der Waals surface area contributed by atoms with Gasteiger partial charge in [0.05, 0.1) is 18.1 Å². The summed E-state index contributed by atoms with van der Waals surface area (Å²) in [6, 6.07) is 0. The van der Waals surface area contributed by atoms with E-state index in [1.165, 1.54) is 12.4 Å². The fraction of sp³-hybridized carbons (Fsp3) is 0.364. The van der Waals surface area contributed by atoms with E-state index in [0.717, 1.165) is 11.5 Å². The molecule has 100 valence electrons. The van der Waals surface area contributed by atoms with Crippen LogP contribution in [-0.4, -0.2) is 25.5 Å². The highest BCUT2D eigenvalue weighted by molar-refractivity contribution is 9.10. The van der Waals surface area contributed by atoms with Gasteiger partial charge in [-0.15, -0.1) is 5.10 Å². The van der Waals surface area contributed by atoms with Crippen molar-refractivity contribution in [3.63, 3.8) is 0 Å². The van der Waals surface area contributed by atoms with Crippen LogP contribution in [0.5, 0.6) is 0 Å². The predicted molar refractivity (Wildman–Crippen MR) is 76.3 cm³/mol. The molecule has 0 radical (unpaired) electrons. The summed E-state index contributed by atoms with van der Waals surface area (Å²) in [5, 5.41) is 6.71.